The fourth-order valence-corrected chi connectivity index (χ4v) is 1.54. The second-order valence-electron chi connectivity index (χ2n) is 3.95. The first kappa shape index (κ1) is 13.0. The number of amides is 1. The highest BCUT2D eigenvalue weighted by Gasteiger charge is 2.03. The zero-order valence-corrected chi connectivity index (χ0v) is 10.2. The zero-order chi connectivity index (χ0) is 13.5. The quantitative estimate of drug-likeness (QED) is 0.663. The van der Waals surface area contributed by atoms with Crippen LogP contribution in [-0.4, -0.2) is 12.1 Å². The molecule has 0 atom stereocenters. The van der Waals surface area contributed by atoms with Crippen LogP contribution >= 0.6 is 0 Å². The number of hydrazone groups is 1. The van der Waals surface area contributed by atoms with E-state index in [2.05, 4.69) is 10.5 Å². The highest BCUT2D eigenvalue weighted by Crippen LogP contribution is 2.02. The monoisotopic (exact) mass is 256 g/mol. The van der Waals surface area contributed by atoms with Crippen LogP contribution in [0.3, 0.4) is 0 Å². The second kappa shape index (κ2) is 6.44. The van der Waals surface area contributed by atoms with Crippen LogP contribution in [0.1, 0.15) is 15.9 Å². The molecule has 1 N–H and O–H groups in total. The molecule has 2 aromatic carbocycles. The van der Waals surface area contributed by atoms with Crippen molar-refractivity contribution in [2.75, 3.05) is 0 Å². The lowest BCUT2D eigenvalue weighted by Gasteiger charge is -1.99. The maximum absolute atomic E-state index is 12.7. The smallest absolute Gasteiger partial charge is 0.267 e. The van der Waals surface area contributed by atoms with Crippen LogP contribution in [-0.2, 0) is 6.42 Å². The lowest BCUT2D eigenvalue weighted by Crippen LogP contribution is -2.17. The molecular weight excluding hydrogens is 243 g/mol. The summed E-state index contributed by atoms with van der Waals surface area (Å²) in [4.78, 5) is 11.6. The molecule has 0 unspecified atom stereocenters. The van der Waals surface area contributed by atoms with E-state index in [1.54, 1.807) is 6.21 Å². The molecule has 0 spiro atoms. The number of rotatable bonds is 4. The van der Waals surface area contributed by atoms with Gasteiger partial charge in [-0.1, -0.05) is 30.3 Å². The third-order valence-corrected chi connectivity index (χ3v) is 2.53. The maximum Gasteiger partial charge on any atom is 0.271 e. The molecule has 96 valence electrons. The first-order valence-electron chi connectivity index (χ1n) is 5.87. The summed E-state index contributed by atoms with van der Waals surface area (Å²) >= 11 is 0. The van der Waals surface area contributed by atoms with Crippen LogP contribution in [0.15, 0.2) is 59.7 Å². The maximum atomic E-state index is 12.7. The Bertz CT molecular complexity index is 564. The summed E-state index contributed by atoms with van der Waals surface area (Å²) in [6.45, 7) is 0. The van der Waals surface area contributed by atoms with Crippen LogP contribution in [0.2, 0.25) is 0 Å². The van der Waals surface area contributed by atoms with Crippen molar-refractivity contribution in [3.05, 3.63) is 71.5 Å². The lowest BCUT2D eigenvalue weighted by atomic mass is 10.2. The van der Waals surface area contributed by atoms with E-state index in [0.29, 0.717) is 12.0 Å². The molecule has 0 fully saturated rings. The van der Waals surface area contributed by atoms with Gasteiger partial charge in [-0.05, 0) is 29.8 Å². The normalized spacial score (nSPS) is 10.6. The molecule has 0 aromatic heterocycles. The Hall–Kier alpha value is -2.49. The molecule has 0 saturated carbocycles. The largest absolute Gasteiger partial charge is 0.271 e. The van der Waals surface area contributed by atoms with E-state index >= 15 is 0 Å². The van der Waals surface area contributed by atoms with Crippen LogP contribution in [0.5, 0.6) is 0 Å². The molecule has 3 nitrogen and oxygen atoms in total. The Morgan fingerprint density at radius 3 is 2.47 bits per heavy atom. The van der Waals surface area contributed by atoms with Gasteiger partial charge in [0.05, 0.1) is 0 Å². The average Bonchev–Trinajstić information content (AvgIpc) is 2.45. The number of hydrogen-bond donors (Lipinski definition) is 1. The van der Waals surface area contributed by atoms with Crippen molar-refractivity contribution in [2.45, 2.75) is 6.42 Å². The number of carbonyl (C=O) groups excluding carboxylic acids is 1. The number of hydrogen-bond acceptors (Lipinski definition) is 2. The molecule has 2 rings (SSSR count). The van der Waals surface area contributed by atoms with E-state index < -0.39 is 0 Å². The van der Waals surface area contributed by atoms with E-state index in [-0.39, 0.29) is 11.7 Å². The first-order valence-corrected chi connectivity index (χ1v) is 5.87. The summed E-state index contributed by atoms with van der Waals surface area (Å²) in [6, 6.07) is 15.1. The van der Waals surface area contributed by atoms with Crippen molar-refractivity contribution in [3.63, 3.8) is 0 Å². The predicted octanol–water partition coefficient (Wildman–Crippen LogP) is 2.78. The molecule has 0 bridgehead atoms. The Kier molecular flexibility index (Phi) is 4.39. The number of nitrogens with zero attached hydrogens (tertiary/aromatic N) is 1. The average molecular weight is 256 g/mol. The van der Waals surface area contributed by atoms with Crippen LogP contribution < -0.4 is 5.43 Å². The molecule has 2 aromatic rings. The third-order valence-electron chi connectivity index (χ3n) is 2.53. The standard InChI is InChI=1S/C15H13FN2O/c16-14-8-6-13(7-9-14)15(19)18-17-11-10-12-4-2-1-3-5-12/h1-9,11H,10H2,(H,18,19). The molecule has 1 amide bonds. The summed E-state index contributed by atoms with van der Waals surface area (Å²) in [6.07, 6.45) is 2.27. The van der Waals surface area contributed by atoms with Crippen molar-refractivity contribution in [2.24, 2.45) is 5.10 Å². The van der Waals surface area contributed by atoms with Gasteiger partial charge in [-0.25, -0.2) is 9.82 Å². The first-order chi connectivity index (χ1) is 9.25. The van der Waals surface area contributed by atoms with Gasteiger partial charge >= 0.3 is 0 Å². The van der Waals surface area contributed by atoms with Gasteiger partial charge < -0.3 is 0 Å². The minimum absolute atomic E-state index is 0.357. The number of halogens is 1. The van der Waals surface area contributed by atoms with E-state index in [9.17, 15) is 9.18 Å². The van der Waals surface area contributed by atoms with Gasteiger partial charge in [0, 0.05) is 18.2 Å². The van der Waals surface area contributed by atoms with Gasteiger partial charge in [0.1, 0.15) is 5.82 Å². The number of benzene rings is 2. The molecule has 0 aliphatic carbocycles. The van der Waals surface area contributed by atoms with Gasteiger partial charge in [0.25, 0.3) is 5.91 Å². The van der Waals surface area contributed by atoms with Crippen LogP contribution in [0, 0.1) is 5.82 Å². The Balaban J connectivity index is 1.85. The zero-order valence-electron chi connectivity index (χ0n) is 10.2. The van der Waals surface area contributed by atoms with Gasteiger partial charge in [-0.15, -0.1) is 0 Å². The van der Waals surface area contributed by atoms with Crippen molar-refractivity contribution >= 4 is 12.1 Å². The molecule has 0 aliphatic rings. The van der Waals surface area contributed by atoms with Gasteiger partial charge in [0.2, 0.25) is 0 Å². The van der Waals surface area contributed by atoms with E-state index in [1.165, 1.54) is 24.3 Å². The van der Waals surface area contributed by atoms with Gasteiger partial charge in [-0.3, -0.25) is 4.79 Å². The molecule has 0 aliphatic heterocycles. The Morgan fingerprint density at radius 2 is 1.79 bits per heavy atom. The summed E-state index contributed by atoms with van der Waals surface area (Å²) in [5.74, 6) is -0.728. The van der Waals surface area contributed by atoms with Crippen LogP contribution in [0.25, 0.3) is 0 Å². The molecule has 0 radical (unpaired) electrons. The number of carbonyl (C=O) groups is 1. The molecular formula is C15H13FN2O. The van der Waals surface area contributed by atoms with E-state index in [0.717, 1.165) is 5.56 Å². The highest BCUT2D eigenvalue weighted by atomic mass is 19.1. The van der Waals surface area contributed by atoms with Crippen molar-refractivity contribution in [3.8, 4) is 0 Å². The minimum Gasteiger partial charge on any atom is -0.267 e. The summed E-state index contributed by atoms with van der Waals surface area (Å²) < 4.78 is 12.7. The summed E-state index contributed by atoms with van der Waals surface area (Å²) in [5, 5.41) is 3.85. The Labute approximate surface area is 110 Å². The van der Waals surface area contributed by atoms with Gasteiger partial charge in [0.15, 0.2) is 0 Å². The molecule has 19 heavy (non-hydrogen) atoms. The topological polar surface area (TPSA) is 41.5 Å². The summed E-state index contributed by atoms with van der Waals surface area (Å²) in [7, 11) is 0. The lowest BCUT2D eigenvalue weighted by molar-refractivity contribution is 0.0955. The SMILES string of the molecule is O=C(NN=CCc1ccccc1)c1ccc(F)cc1. The van der Waals surface area contributed by atoms with Crippen LogP contribution in [0.4, 0.5) is 4.39 Å². The predicted molar refractivity (Wildman–Crippen MR) is 72.5 cm³/mol. The van der Waals surface area contributed by atoms with Gasteiger partial charge in [-0.2, -0.15) is 5.10 Å². The van der Waals surface area contributed by atoms with E-state index in [1.807, 2.05) is 30.3 Å². The van der Waals surface area contributed by atoms with Crippen molar-refractivity contribution in [1.29, 1.82) is 0 Å². The van der Waals surface area contributed by atoms with Crippen molar-refractivity contribution in [1.82, 2.24) is 5.43 Å². The van der Waals surface area contributed by atoms with Crippen molar-refractivity contribution < 1.29 is 9.18 Å². The molecule has 4 heteroatoms. The third kappa shape index (κ3) is 4.03. The minimum atomic E-state index is -0.371. The fourth-order valence-electron chi connectivity index (χ4n) is 1.54. The summed E-state index contributed by atoms with van der Waals surface area (Å²) in [5.41, 5.74) is 3.88. The fraction of sp³-hybridized carbons (Fsp3) is 0.0667. The Morgan fingerprint density at radius 1 is 1.11 bits per heavy atom. The molecule has 0 heterocycles. The highest BCUT2D eigenvalue weighted by molar-refractivity contribution is 5.94. The molecule has 0 saturated heterocycles. The second-order valence-corrected chi connectivity index (χ2v) is 3.95. The number of nitrogens with one attached hydrogen (secondary N) is 1. The van der Waals surface area contributed by atoms with E-state index in [4.69, 9.17) is 0 Å².